The molecule has 0 spiro atoms. The van der Waals surface area contributed by atoms with E-state index in [0.29, 0.717) is 19.4 Å². The van der Waals surface area contributed by atoms with Gasteiger partial charge in [-0.1, -0.05) is 12.1 Å². The number of methoxy groups -OCH3 is 1. The van der Waals surface area contributed by atoms with Crippen LogP contribution < -0.4 is 4.74 Å². The summed E-state index contributed by atoms with van der Waals surface area (Å²) in [6.45, 7) is 0.564. The van der Waals surface area contributed by atoms with E-state index in [1.54, 1.807) is 7.11 Å². The van der Waals surface area contributed by atoms with Gasteiger partial charge in [-0.25, -0.2) is 4.79 Å². The Morgan fingerprint density at radius 2 is 2.24 bits per heavy atom. The largest absolute Gasteiger partial charge is 0.497 e. The summed E-state index contributed by atoms with van der Waals surface area (Å²) in [5.41, 5.74) is 1.12. The third-order valence-corrected chi connectivity index (χ3v) is 3.85. The Morgan fingerprint density at radius 1 is 1.43 bits per heavy atom. The lowest BCUT2D eigenvalue weighted by molar-refractivity contribution is -0.148. The number of carbonyl (C=O) groups excluding carboxylic acids is 1. The van der Waals surface area contributed by atoms with Gasteiger partial charge in [0.2, 0.25) is 5.91 Å². The summed E-state index contributed by atoms with van der Waals surface area (Å²) in [4.78, 5) is 24.7. The number of likely N-dealkylation sites (tertiary alicyclic amines) is 1. The van der Waals surface area contributed by atoms with Gasteiger partial charge in [-0.15, -0.1) is 0 Å². The minimum Gasteiger partial charge on any atom is -0.497 e. The van der Waals surface area contributed by atoms with Crippen molar-refractivity contribution in [2.75, 3.05) is 13.7 Å². The van der Waals surface area contributed by atoms with E-state index in [0.717, 1.165) is 30.6 Å². The van der Waals surface area contributed by atoms with Crippen LogP contribution in [0.25, 0.3) is 0 Å². The minimum absolute atomic E-state index is 0.0530. The molecule has 1 aliphatic rings. The molecule has 0 bridgehead atoms. The molecule has 5 nitrogen and oxygen atoms in total. The first-order chi connectivity index (χ1) is 10.1. The van der Waals surface area contributed by atoms with Crippen LogP contribution in [0.4, 0.5) is 0 Å². The quantitative estimate of drug-likeness (QED) is 0.871. The first-order valence-electron chi connectivity index (χ1n) is 7.27. The maximum atomic E-state index is 12.1. The van der Waals surface area contributed by atoms with Gasteiger partial charge in [0.1, 0.15) is 11.8 Å². The Bertz CT molecular complexity index is 515. The lowest BCUT2D eigenvalue weighted by atomic mass is 10.1. The Balaban J connectivity index is 1.82. The number of hydrogen-bond donors (Lipinski definition) is 1. The number of amides is 1. The fourth-order valence-electron chi connectivity index (χ4n) is 2.74. The summed E-state index contributed by atoms with van der Waals surface area (Å²) < 4.78 is 5.16. The van der Waals surface area contributed by atoms with E-state index in [1.165, 1.54) is 4.90 Å². The number of carboxylic acid groups (broad SMARTS) is 1. The summed E-state index contributed by atoms with van der Waals surface area (Å²) in [7, 11) is 1.63. The average Bonchev–Trinajstić information content (AvgIpc) is 2.97. The molecule has 0 saturated carbocycles. The highest BCUT2D eigenvalue weighted by atomic mass is 16.5. The van der Waals surface area contributed by atoms with Gasteiger partial charge in [-0.2, -0.15) is 0 Å². The average molecular weight is 291 g/mol. The monoisotopic (exact) mass is 291 g/mol. The zero-order valence-electron chi connectivity index (χ0n) is 12.2. The Labute approximate surface area is 124 Å². The molecule has 2 rings (SSSR count). The molecule has 1 fully saturated rings. The highest BCUT2D eigenvalue weighted by molar-refractivity contribution is 5.84. The molecule has 1 amide bonds. The van der Waals surface area contributed by atoms with E-state index in [1.807, 2.05) is 24.3 Å². The predicted octanol–water partition coefficient (Wildman–Crippen LogP) is 2.09. The third kappa shape index (κ3) is 3.97. The maximum Gasteiger partial charge on any atom is 0.326 e. The van der Waals surface area contributed by atoms with Gasteiger partial charge < -0.3 is 14.7 Å². The van der Waals surface area contributed by atoms with E-state index in [9.17, 15) is 9.59 Å². The molecule has 0 aliphatic carbocycles. The summed E-state index contributed by atoms with van der Waals surface area (Å²) in [6, 6.07) is 7.14. The second-order valence-corrected chi connectivity index (χ2v) is 5.29. The van der Waals surface area contributed by atoms with Crippen molar-refractivity contribution in [3.63, 3.8) is 0 Å². The van der Waals surface area contributed by atoms with Gasteiger partial charge in [0.15, 0.2) is 0 Å². The van der Waals surface area contributed by atoms with Crippen LogP contribution in [-0.4, -0.2) is 41.6 Å². The number of aryl methyl sites for hydroxylation is 1. The molecule has 1 heterocycles. The summed E-state index contributed by atoms with van der Waals surface area (Å²) in [5.74, 6) is -0.138. The highest BCUT2D eigenvalue weighted by Crippen LogP contribution is 2.20. The van der Waals surface area contributed by atoms with Crippen molar-refractivity contribution in [2.24, 2.45) is 0 Å². The van der Waals surface area contributed by atoms with E-state index >= 15 is 0 Å². The smallest absolute Gasteiger partial charge is 0.326 e. The first-order valence-corrected chi connectivity index (χ1v) is 7.27. The number of hydrogen-bond acceptors (Lipinski definition) is 3. The second kappa shape index (κ2) is 7.11. The zero-order chi connectivity index (χ0) is 15.2. The van der Waals surface area contributed by atoms with Crippen molar-refractivity contribution < 1.29 is 19.4 Å². The molecule has 1 N–H and O–H groups in total. The van der Waals surface area contributed by atoms with Crippen molar-refractivity contribution in [3.8, 4) is 5.75 Å². The van der Waals surface area contributed by atoms with Crippen molar-refractivity contribution >= 4 is 11.9 Å². The Morgan fingerprint density at radius 3 is 2.95 bits per heavy atom. The number of carbonyl (C=O) groups is 2. The molecule has 0 radical (unpaired) electrons. The van der Waals surface area contributed by atoms with Crippen molar-refractivity contribution in [2.45, 2.75) is 38.1 Å². The molecular weight excluding hydrogens is 270 g/mol. The van der Waals surface area contributed by atoms with Crippen LogP contribution in [0.15, 0.2) is 24.3 Å². The number of rotatable bonds is 6. The van der Waals surface area contributed by atoms with Crippen LogP contribution in [0.1, 0.15) is 31.2 Å². The Kier molecular flexibility index (Phi) is 5.20. The number of ether oxygens (including phenoxy) is 1. The van der Waals surface area contributed by atoms with Crippen LogP contribution in [-0.2, 0) is 16.0 Å². The van der Waals surface area contributed by atoms with Gasteiger partial charge >= 0.3 is 5.97 Å². The van der Waals surface area contributed by atoms with Gasteiger partial charge in [0.25, 0.3) is 0 Å². The lowest BCUT2D eigenvalue weighted by Crippen LogP contribution is -2.40. The molecule has 21 heavy (non-hydrogen) atoms. The molecule has 1 saturated heterocycles. The molecule has 1 aliphatic heterocycles. The van der Waals surface area contributed by atoms with E-state index < -0.39 is 12.0 Å². The number of benzene rings is 1. The van der Waals surface area contributed by atoms with Crippen molar-refractivity contribution in [1.82, 2.24) is 4.90 Å². The molecule has 1 atom stereocenters. The number of aliphatic carboxylic acids is 1. The van der Waals surface area contributed by atoms with Crippen LogP contribution >= 0.6 is 0 Å². The zero-order valence-corrected chi connectivity index (χ0v) is 12.2. The SMILES string of the molecule is COc1cccc(CCCC(=O)N2CCCC2C(=O)O)c1. The van der Waals surface area contributed by atoms with Crippen LogP contribution in [0.5, 0.6) is 5.75 Å². The van der Waals surface area contributed by atoms with Crippen LogP contribution in [0.3, 0.4) is 0 Å². The topological polar surface area (TPSA) is 66.8 Å². The fourth-order valence-corrected chi connectivity index (χ4v) is 2.74. The van der Waals surface area contributed by atoms with Crippen LogP contribution in [0, 0.1) is 0 Å². The molecule has 5 heteroatoms. The van der Waals surface area contributed by atoms with Gasteiger partial charge in [-0.3, -0.25) is 4.79 Å². The van der Waals surface area contributed by atoms with Gasteiger partial charge in [-0.05, 0) is 43.4 Å². The molecule has 0 aromatic heterocycles. The van der Waals surface area contributed by atoms with Gasteiger partial charge in [0.05, 0.1) is 7.11 Å². The molecule has 1 aromatic rings. The maximum absolute atomic E-state index is 12.1. The third-order valence-electron chi connectivity index (χ3n) is 3.85. The van der Waals surface area contributed by atoms with Gasteiger partial charge in [0, 0.05) is 13.0 Å². The molecule has 1 unspecified atom stereocenters. The highest BCUT2D eigenvalue weighted by Gasteiger charge is 2.33. The second-order valence-electron chi connectivity index (χ2n) is 5.29. The molecule has 1 aromatic carbocycles. The van der Waals surface area contributed by atoms with E-state index in [2.05, 4.69) is 0 Å². The normalized spacial score (nSPS) is 17.8. The number of carboxylic acids is 1. The molecular formula is C16H21NO4. The fraction of sp³-hybridized carbons (Fsp3) is 0.500. The van der Waals surface area contributed by atoms with E-state index in [4.69, 9.17) is 9.84 Å². The molecule has 114 valence electrons. The van der Waals surface area contributed by atoms with Crippen molar-refractivity contribution in [3.05, 3.63) is 29.8 Å². The summed E-state index contributed by atoms with van der Waals surface area (Å²) >= 11 is 0. The van der Waals surface area contributed by atoms with Crippen molar-refractivity contribution in [1.29, 1.82) is 0 Å². The minimum atomic E-state index is -0.895. The standard InChI is InChI=1S/C16H21NO4/c1-21-13-7-2-5-12(11-13)6-3-9-15(18)17-10-4-8-14(17)16(19)20/h2,5,7,11,14H,3-4,6,8-10H2,1H3,(H,19,20). The summed E-state index contributed by atoms with van der Waals surface area (Å²) in [6.07, 6.45) is 3.24. The Hall–Kier alpha value is -2.04. The van der Waals surface area contributed by atoms with E-state index in [-0.39, 0.29) is 5.91 Å². The first kappa shape index (κ1) is 15.4. The van der Waals surface area contributed by atoms with Crippen LogP contribution in [0.2, 0.25) is 0 Å². The summed E-state index contributed by atoms with van der Waals surface area (Å²) in [5, 5.41) is 9.09. The predicted molar refractivity (Wildman–Crippen MR) is 78.3 cm³/mol. The number of nitrogens with zero attached hydrogens (tertiary/aromatic N) is 1. The lowest BCUT2D eigenvalue weighted by Gasteiger charge is -2.21.